The zero-order chi connectivity index (χ0) is 40.0. The zero-order valence-corrected chi connectivity index (χ0v) is 36.3. The summed E-state index contributed by atoms with van der Waals surface area (Å²) in [7, 11) is 1.10. The smallest absolute Gasteiger partial charge is 0.330 e. The average molecular weight is 784 g/mol. The summed E-state index contributed by atoms with van der Waals surface area (Å²) >= 11 is 0. The lowest BCUT2D eigenvalue weighted by Crippen LogP contribution is -2.37. The number of phosphoric ester groups is 1. The lowest BCUT2D eigenvalue weighted by molar-refractivity contribution is -0.870. The Balaban J connectivity index is 4.51. The first-order valence-corrected chi connectivity index (χ1v) is 23.2. The molecule has 0 spiro atoms. The van der Waals surface area contributed by atoms with Crippen molar-refractivity contribution in [1.82, 2.24) is 0 Å². The highest BCUT2D eigenvalue weighted by atomic mass is 31.2. The van der Waals surface area contributed by atoms with Gasteiger partial charge in [-0.3, -0.25) is 9.36 Å². The Bertz CT molecular complexity index is 1020. The second-order valence-electron chi connectivity index (χ2n) is 15.8. The molecule has 0 radical (unpaired) electrons. The van der Waals surface area contributed by atoms with Crippen LogP contribution in [0.2, 0.25) is 0 Å². The number of ether oxygens (including phenoxy) is 2. The molecule has 0 fully saturated rings. The van der Waals surface area contributed by atoms with E-state index in [4.69, 9.17) is 18.5 Å². The molecule has 0 aliphatic heterocycles. The molecule has 0 amide bonds. The van der Waals surface area contributed by atoms with Crippen molar-refractivity contribution >= 4 is 19.8 Å². The molecule has 0 aliphatic rings. The van der Waals surface area contributed by atoms with Crippen LogP contribution in [0, 0.1) is 0 Å². The van der Waals surface area contributed by atoms with Crippen LogP contribution < -0.4 is 4.89 Å². The number of likely N-dealkylation sites (N-methyl/N-ethyl adjacent to an activating group) is 1. The third kappa shape index (κ3) is 39.9. The van der Waals surface area contributed by atoms with E-state index in [-0.39, 0.29) is 19.6 Å². The van der Waals surface area contributed by atoms with Crippen LogP contribution in [0.4, 0.5) is 0 Å². The molecule has 54 heavy (non-hydrogen) atoms. The minimum Gasteiger partial charge on any atom is -0.756 e. The highest BCUT2D eigenvalue weighted by Gasteiger charge is 2.21. The predicted octanol–water partition coefficient (Wildman–Crippen LogP) is 11.5. The second kappa shape index (κ2) is 36.8. The molecule has 0 aromatic heterocycles. The van der Waals surface area contributed by atoms with Crippen LogP contribution in [0.3, 0.4) is 0 Å². The van der Waals surface area contributed by atoms with E-state index in [0.29, 0.717) is 17.4 Å². The van der Waals surface area contributed by atoms with Crippen LogP contribution in [0.1, 0.15) is 181 Å². The summed E-state index contributed by atoms with van der Waals surface area (Å²) in [5.74, 6) is -1.14. The number of rotatable bonds is 39. The Hall–Kier alpha value is -1.77. The average Bonchev–Trinajstić information content (AvgIpc) is 3.12. The minimum absolute atomic E-state index is 0.0488. The lowest BCUT2D eigenvalue weighted by atomic mass is 10.1. The van der Waals surface area contributed by atoms with Crippen molar-refractivity contribution in [3.8, 4) is 0 Å². The van der Waals surface area contributed by atoms with Gasteiger partial charge in [-0.05, 0) is 32.1 Å². The Morgan fingerprint density at radius 2 is 1.07 bits per heavy atom. The van der Waals surface area contributed by atoms with Gasteiger partial charge in [-0.2, -0.15) is 0 Å². The predicted molar refractivity (Wildman–Crippen MR) is 222 cm³/mol. The molecule has 0 N–H and O–H groups in total. The summed E-state index contributed by atoms with van der Waals surface area (Å²) in [5, 5.41) is 0. The van der Waals surface area contributed by atoms with Crippen molar-refractivity contribution in [3.05, 3.63) is 36.5 Å². The molecule has 0 saturated carbocycles. The van der Waals surface area contributed by atoms with Crippen LogP contribution in [-0.2, 0) is 32.7 Å². The van der Waals surface area contributed by atoms with Gasteiger partial charge in [0.1, 0.15) is 19.8 Å². The third-order valence-electron chi connectivity index (χ3n) is 9.25. The van der Waals surface area contributed by atoms with Crippen LogP contribution in [0.5, 0.6) is 0 Å². The molecule has 0 aromatic rings. The fourth-order valence-corrected chi connectivity index (χ4v) is 6.55. The first-order valence-electron chi connectivity index (χ1n) is 21.7. The highest BCUT2D eigenvalue weighted by Crippen LogP contribution is 2.38. The summed E-state index contributed by atoms with van der Waals surface area (Å²) in [6, 6.07) is 0. The summed E-state index contributed by atoms with van der Waals surface area (Å²) in [6.07, 6.45) is 41.0. The number of unbranched alkanes of at least 4 members (excludes halogenated alkanes) is 22. The molecule has 0 rings (SSSR count). The van der Waals surface area contributed by atoms with Gasteiger partial charge >= 0.3 is 11.9 Å². The quantitative estimate of drug-likeness (QED) is 0.0115. The Labute approximate surface area is 331 Å². The van der Waals surface area contributed by atoms with E-state index in [1.807, 2.05) is 39.4 Å². The minimum atomic E-state index is -4.65. The van der Waals surface area contributed by atoms with Crippen molar-refractivity contribution in [1.29, 1.82) is 0 Å². The molecule has 0 aromatic carbocycles. The van der Waals surface area contributed by atoms with Gasteiger partial charge in [0.15, 0.2) is 6.10 Å². The topological polar surface area (TPSA) is 111 Å². The van der Waals surface area contributed by atoms with Crippen LogP contribution in [0.25, 0.3) is 0 Å². The lowest BCUT2D eigenvalue weighted by Gasteiger charge is -2.28. The van der Waals surface area contributed by atoms with Gasteiger partial charge in [0, 0.05) is 12.5 Å². The molecule has 2 atom stereocenters. The fraction of sp³-hybridized carbons (Fsp3) is 0.818. The van der Waals surface area contributed by atoms with E-state index in [0.717, 1.165) is 25.7 Å². The maximum Gasteiger partial charge on any atom is 0.330 e. The largest absolute Gasteiger partial charge is 0.756 e. The Morgan fingerprint density at radius 1 is 0.611 bits per heavy atom. The SMILES string of the molecule is CCCCCCCCCCCCC/C=C/C=C/C(=O)OC[C@H](COP(=O)([O-])OCC[N+](C)(C)C)OC(=O)CC/C=C/CCCCCCCCCCCCC. The molecule has 10 heteroatoms. The van der Waals surface area contributed by atoms with Crippen molar-refractivity contribution in [2.24, 2.45) is 0 Å². The molecule has 9 nitrogen and oxygen atoms in total. The first kappa shape index (κ1) is 52.2. The zero-order valence-electron chi connectivity index (χ0n) is 35.4. The summed E-state index contributed by atoms with van der Waals surface area (Å²) in [4.78, 5) is 37.3. The van der Waals surface area contributed by atoms with Crippen molar-refractivity contribution in [2.75, 3.05) is 47.5 Å². The third-order valence-corrected chi connectivity index (χ3v) is 10.2. The summed E-state index contributed by atoms with van der Waals surface area (Å²) in [5.41, 5.74) is 0. The maximum atomic E-state index is 12.6. The van der Waals surface area contributed by atoms with Gasteiger partial charge in [0.05, 0.1) is 27.7 Å². The number of esters is 2. The number of allylic oxidation sites excluding steroid dienone is 5. The van der Waals surface area contributed by atoms with Gasteiger partial charge in [-0.15, -0.1) is 0 Å². The highest BCUT2D eigenvalue weighted by molar-refractivity contribution is 7.45. The first-order chi connectivity index (χ1) is 26.0. The summed E-state index contributed by atoms with van der Waals surface area (Å²) in [6.45, 7) is 4.06. The maximum absolute atomic E-state index is 12.6. The Kier molecular flexibility index (Phi) is 35.6. The monoisotopic (exact) mass is 784 g/mol. The normalized spacial score (nSPS) is 14.0. The van der Waals surface area contributed by atoms with Crippen LogP contribution in [0.15, 0.2) is 36.5 Å². The van der Waals surface area contributed by atoms with Gasteiger partial charge in [-0.25, -0.2) is 4.79 Å². The number of hydrogen-bond donors (Lipinski definition) is 0. The number of carbonyl (C=O) groups is 2. The van der Waals surface area contributed by atoms with Gasteiger partial charge < -0.3 is 27.9 Å². The van der Waals surface area contributed by atoms with E-state index >= 15 is 0 Å². The van der Waals surface area contributed by atoms with E-state index in [1.165, 1.54) is 134 Å². The van der Waals surface area contributed by atoms with E-state index in [1.54, 1.807) is 6.08 Å². The van der Waals surface area contributed by atoms with Crippen molar-refractivity contribution < 1.29 is 42.1 Å². The van der Waals surface area contributed by atoms with E-state index in [9.17, 15) is 19.0 Å². The van der Waals surface area contributed by atoms with Gasteiger partial charge in [0.25, 0.3) is 7.82 Å². The van der Waals surface area contributed by atoms with Crippen LogP contribution in [-0.4, -0.2) is 70.0 Å². The second-order valence-corrected chi connectivity index (χ2v) is 17.2. The van der Waals surface area contributed by atoms with E-state index < -0.39 is 32.5 Å². The Morgan fingerprint density at radius 3 is 1.57 bits per heavy atom. The molecule has 316 valence electrons. The number of quaternary nitrogens is 1. The van der Waals surface area contributed by atoms with Gasteiger partial charge in [-0.1, -0.05) is 173 Å². The molecular weight excluding hydrogens is 701 g/mol. The number of hydrogen-bond acceptors (Lipinski definition) is 8. The molecule has 0 aliphatic carbocycles. The number of phosphoric acid groups is 1. The van der Waals surface area contributed by atoms with E-state index in [2.05, 4.69) is 19.9 Å². The number of carbonyl (C=O) groups excluding carboxylic acids is 2. The van der Waals surface area contributed by atoms with Crippen LogP contribution >= 0.6 is 7.82 Å². The molecular formula is C44H82NO8P. The molecule has 0 bridgehead atoms. The summed E-state index contributed by atoms with van der Waals surface area (Å²) < 4.78 is 33.6. The standard InChI is InChI=1S/C44H82NO8P/c1-6-8-10-12-14-16-18-20-22-24-26-28-30-32-34-36-43(46)50-40-42(41-52-54(48,49)51-39-38-45(3,4)5)53-44(47)37-35-33-31-29-27-25-23-21-19-17-15-13-11-9-7-2/h30-34,36,42H,6-29,35,37-41H2,1-5H3/b32-30+,33-31+,36-34+/t42-/m1/s1. The van der Waals surface area contributed by atoms with Crippen molar-refractivity contribution in [3.63, 3.8) is 0 Å². The fourth-order valence-electron chi connectivity index (χ4n) is 5.82. The molecule has 1 unspecified atom stereocenters. The molecule has 0 heterocycles. The van der Waals surface area contributed by atoms with Gasteiger partial charge in [0.2, 0.25) is 0 Å². The van der Waals surface area contributed by atoms with Crippen molar-refractivity contribution in [2.45, 2.75) is 187 Å². The number of nitrogens with zero attached hydrogens (tertiary/aromatic N) is 1. The molecule has 0 saturated heterocycles.